The fourth-order valence-corrected chi connectivity index (χ4v) is 1.71. The van der Waals surface area contributed by atoms with Crippen LogP contribution in [0.5, 0.6) is 17.2 Å². The number of nitrogens with two attached hydrogens (primary N) is 1. The summed E-state index contributed by atoms with van der Waals surface area (Å²) in [6, 6.07) is 9.07. The topological polar surface area (TPSA) is 78.6 Å². The second-order valence-corrected chi connectivity index (χ2v) is 3.99. The smallest absolute Gasteiger partial charge is 0.146 e. The summed E-state index contributed by atoms with van der Waals surface area (Å²) in [5.41, 5.74) is 3.39. The van der Waals surface area contributed by atoms with Crippen molar-refractivity contribution in [3.63, 3.8) is 0 Å². The zero-order chi connectivity index (χ0) is 14.4. The van der Waals surface area contributed by atoms with Gasteiger partial charge in [0.2, 0.25) is 0 Å². The SMILES string of the molecule is COc1cc(OC)cc(OCc2cccnc2NN)c1. The number of pyridine rings is 1. The molecule has 0 unspecified atom stereocenters. The van der Waals surface area contributed by atoms with E-state index in [1.54, 1.807) is 38.6 Å². The number of hydrazine groups is 1. The molecule has 0 aliphatic carbocycles. The Morgan fingerprint density at radius 3 is 2.35 bits per heavy atom. The van der Waals surface area contributed by atoms with E-state index in [1.807, 2.05) is 12.1 Å². The van der Waals surface area contributed by atoms with Crippen molar-refractivity contribution in [2.24, 2.45) is 5.84 Å². The van der Waals surface area contributed by atoms with Crippen LogP contribution in [0.3, 0.4) is 0 Å². The lowest BCUT2D eigenvalue weighted by Crippen LogP contribution is -2.12. The summed E-state index contributed by atoms with van der Waals surface area (Å²) in [4.78, 5) is 4.11. The second kappa shape index (κ2) is 6.63. The molecule has 0 fully saturated rings. The summed E-state index contributed by atoms with van der Waals surface area (Å²) < 4.78 is 16.1. The van der Waals surface area contributed by atoms with Crippen molar-refractivity contribution in [1.82, 2.24) is 4.98 Å². The van der Waals surface area contributed by atoms with Crippen LogP contribution in [0.15, 0.2) is 36.5 Å². The summed E-state index contributed by atoms with van der Waals surface area (Å²) in [6.45, 7) is 0.337. The molecule has 0 saturated carbocycles. The first-order valence-electron chi connectivity index (χ1n) is 6.03. The maximum absolute atomic E-state index is 5.72. The number of ether oxygens (including phenoxy) is 3. The minimum Gasteiger partial charge on any atom is -0.496 e. The van der Waals surface area contributed by atoms with Crippen LogP contribution < -0.4 is 25.5 Å². The Morgan fingerprint density at radius 2 is 1.75 bits per heavy atom. The highest BCUT2D eigenvalue weighted by atomic mass is 16.5. The number of nitrogens with zero attached hydrogens (tertiary/aromatic N) is 1. The predicted octanol–water partition coefficient (Wildman–Crippen LogP) is 1.96. The van der Waals surface area contributed by atoms with E-state index in [2.05, 4.69) is 10.4 Å². The zero-order valence-electron chi connectivity index (χ0n) is 11.4. The number of hydrogen-bond acceptors (Lipinski definition) is 6. The third-order valence-electron chi connectivity index (χ3n) is 2.75. The number of rotatable bonds is 6. The molecule has 0 aliphatic rings. The van der Waals surface area contributed by atoms with Crippen LogP contribution in [-0.2, 0) is 6.61 Å². The van der Waals surface area contributed by atoms with Gasteiger partial charge >= 0.3 is 0 Å². The van der Waals surface area contributed by atoms with E-state index in [9.17, 15) is 0 Å². The molecule has 6 heteroatoms. The van der Waals surface area contributed by atoms with Gasteiger partial charge in [0, 0.05) is 30.0 Å². The van der Waals surface area contributed by atoms with Crippen molar-refractivity contribution in [3.8, 4) is 17.2 Å². The van der Waals surface area contributed by atoms with Gasteiger partial charge in [0.05, 0.1) is 14.2 Å². The average molecular weight is 275 g/mol. The number of methoxy groups -OCH3 is 2. The van der Waals surface area contributed by atoms with Gasteiger partial charge in [-0.25, -0.2) is 10.8 Å². The maximum atomic E-state index is 5.72. The van der Waals surface area contributed by atoms with E-state index in [-0.39, 0.29) is 0 Å². The summed E-state index contributed by atoms with van der Waals surface area (Å²) in [5, 5.41) is 0. The lowest BCUT2D eigenvalue weighted by Gasteiger charge is -2.11. The molecule has 0 aliphatic heterocycles. The summed E-state index contributed by atoms with van der Waals surface area (Å²) >= 11 is 0. The Kier molecular flexibility index (Phi) is 4.62. The molecule has 3 N–H and O–H groups in total. The maximum Gasteiger partial charge on any atom is 0.146 e. The minimum absolute atomic E-state index is 0.337. The van der Waals surface area contributed by atoms with Crippen LogP contribution in [0.4, 0.5) is 5.82 Å². The fourth-order valence-electron chi connectivity index (χ4n) is 1.71. The standard InChI is InChI=1S/C14H17N3O3/c1-18-11-6-12(19-2)8-13(7-11)20-9-10-4-3-5-16-14(10)17-15/h3-8H,9,15H2,1-2H3,(H,16,17). The molecule has 106 valence electrons. The molecule has 2 rings (SSSR count). The van der Waals surface area contributed by atoms with E-state index >= 15 is 0 Å². The molecular formula is C14H17N3O3. The Bertz CT molecular complexity index is 553. The minimum atomic E-state index is 0.337. The van der Waals surface area contributed by atoms with Crippen molar-refractivity contribution in [1.29, 1.82) is 0 Å². The van der Waals surface area contributed by atoms with Crippen LogP contribution in [-0.4, -0.2) is 19.2 Å². The third kappa shape index (κ3) is 3.30. The fraction of sp³-hybridized carbons (Fsp3) is 0.214. The number of hydrogen-bond donors (Lipinski definition) is 2. The number of aromatic nitrogens is 1. The van der Waals surface area contributed by atoms with Crippen molar-refractivity contribution < 1.29 is 14.2 Å². The molecule has 0 radical (unpaired) electrons. The van der Waals surface area contributed by atoms with Crippen LogP contribution in [0.2, 0.25) is 0 Å². The first-order valence-corrected chi connectivity index (χ1v) is 6.03. The summed E-state index contributed by atoms with van der Waals surface area (Å²) in [7, 11) is 3.19. The molecule has 0 amide bonds. The number of benzene rings is 1. The molecule has 0 atom stereocenters. The molecule has 0 spiro atoms. The molecule has 6 nitrogen and oxygen atoms in total. The molecule has 1 aromatic carbocycles. The van der Waals surface area contributed by atoms with Gasteiger partial charge in [-0.3, -0.25) is 0 Å². The van der Waals surface area contributed by atoms with E-state index in [0.717, 1.165) is 5.56 Å². The van der Waals surface area contributed by atoms with Gasteiger partial charge in [-0.05, 0) is 6.07 Å². The monoisotopic (exact) mass is 275 g/mol. The van der Waals surface area contributed by atoms with Crippen LogP contribution in [0.1, 0.15) is 5.56 Å². The molecule has 0 bridgehead atoms. The van der Waals surface area contributed by atoms with Crippen molar-refractivity contribution in [2.75, 3.05) is 19.6 Å². The zero-order valence-corrected chi connectivity index (χ0v) is 11.4. The van der Waals surface area contributed by atoms with Gasteiger partial charge in [-0.2, -0.15) is 0 Å². The molecule has 1 aromatic heterocycles. The van der Waals surface area contributed by atoms with E-state index in [1.165, 1.54) is 0 Å². The van der Waals surface area contributed by atoms with Gasteiger partial charge in [-0.1, -0.05) is 6.07 Å². The molecular weight excluding hydrogens is 258 g/mol. The Morgan fingerprint density at radius 1 is 1.10 bits per heavy atom. The van der Waals surface area contributed by atoms with E-state index < -0.39 is 0 Å². The van der Waals surface area contributed by atoms with Crippen LogP contribution in [0, 0.1) is 0 Å². The third-order valence-corrected chi connectivity index (χ3v) is 2.75. The van der Waals surface area contributed by atoms with Crippen LogP contribution >= 0.6 is 0 Å². The Balaban J connectivity index is 2.14. The normalized spacial score (nSPS) is 9.95. The average Bonchev–Trinajstić information content (AvgIpc) is 2.52. The van der Waals surface area contributed by atoms with Crippen molar-refractivity contribution >= 4 is 5.82 Å². The lowest BCUT2D eigenvalue weighted by molar-refractivity contribution is 0.300. The summed E-state index contributed by atoms with van der Waals surface area (Å²) in [6.07, 6.45) is 1.66. The van der Waals surface area contributed by atoms with Gasteiger partial charge in [0.15, 0.2) is 0 Å². The van der Waals surface area contributed by atoms with E-state index in [0.29, 0.717) is 29.7 Å². The highest BCUT2D eigenvalue weighted by Gasteiger charge is 2.06. The van der Waals surface area contributed by atoms with Crippen LogP contribution in [0.25, 0.3) is 0 Å². The second-order valence-electron chi connectivity index (χ2n) is 3.99. The first-order chi connectivity index (χ1) is 9.76. The first kappa shape index (κ1) is 14.0. The molecule has 20 heavy (non-hydrogen) atoms. The van der Waals surface area contributed by atoms with Crippen molar-refractivity contribution in [2.45, 2.75) is 6.61 Å². The quantitative estimate of drug-likeness (QED) is 0.620. The van der Waals surface area contributed by atoms with Gasteiger partial charge in [0.25, 0.3) is 0 Å². The lowest BCUT2D eigenvalue weighted by atomic mass is 10.2. The summed E-state index contributed by atoms with van der Waals surface area (Å²) in [5.74, 6) is 7.97. The highest BCUT2D eigenvalue weighted by molar-refractivity contribution is 5.44. The Hall–Kier alpha value is -2.47. The molecule has 1 heterocycles. The number of anilines is 1. The number of nitrogens with one attached hydrogen (secondary N) is 1. The largest absolute Gasteiger partial charge is 0.496 e. The van der Waals surface area contributed by atoms with Gasteiger partial charge < -0.3 is 19.6 Å². The highest BCUT2D eigenvalue weighted by Crippen LogP contribution is 2.28. The van der Waals surface area contributed by atoms with Gasteiger partial charge in [-0.15, -0.1) is 0 Å². The number of nitrogen functional groups attached to an aromatic ring is 1. The predicted molar refractivity (Wildman–Crippen MR) is 75.9 cm³/mol. The molecule has 0 saturated heterocycles. The van der Waals surface area contributed by atoms with Crippen molar-refractivity contribution in [3.05, 3.63) is 42.1 Å². The van der Waals surface area contributed by atoms with E-state index in [4.69, 9.17) is 20.1 Å². The molecule has 2 aromatic rings. The Labute approximate surface area is 117 Å². The van der Waals surface area contributed by atoms with Gasteiger partial charge in [0.1, 0.15) is 29.7 Å².